The molecule has 2 amide bonds. The second-order valence-electron chi connectivity index (χ2n) is 7.11. The van der Waals surface area contributed by atoms with Gasteiger partial charge in [0.2, 0.25) is 5.91 Å². The van der Waals surface area contributed by atoms with Crippen molar-refractivity contribution in [3.63, 3.8) is 0 Å². The Morgan fingerprint density at radius 2 is 1.76 bits per heavy atom. The van der Waals surface area contributed by atoms with Crippen LogP contribution >= 0.6 is 23.2 Å². The second-order valence-corrected chi connectivity index (χ2v) is 7.93. The monoisotopic (exact) mass is 482 g/mol. The summed E-state index contributed by atoms with van der Waals surface area (Å²) in [5.41, 5.74) is 4.82. The number of rotatable bonds is 6. The normalized spacial score (nSPS) is 11.1. The number of hydrogen-bond donors (Lipinski definition) is 2. The van der Waals surface area contributed by atoms with E-state index in [2.05, 4.69) is 15.8 Å². The Morgan fingerprint density at radius 3 is 2.52 bits per heavy atom. The maximum atomic E-state index is 13.1. The molecule has 0 aliphatic rings. The van der Waals surface area contributed by atoms with Crippen LogP contribution < -0.4 is 10.7 Å². The van der Waals surface area contributed by atoms with E-state index in [0.717, 1.165) is 16.5 Å². The van der Waals surface area contributed by atoms with Gasteiger partial charge in [-0.1, -0.05) is 41.4 Å². The third-order valence-electron chi connectivity index (χ3n) is 4.81. The van der Waals surface area contributed by atoms with Gasteiger partial charge in [-0.15, -0.1) is 0 Å². The molecular weight excluding hydrogens is 466 g/mol. The highest BCUT2D eigenvalue weighted by atomic mass is 35.5. The van der Waals surface area contributed by atoms with Gasteiger partial charge in [0.1, 0.15) is 12.4 Å². The molecule has 0 atom stereocenters. The number of carbonyl (C=O) groups excluding carboxylic acids is 2. The molecule has 0 radical (unpaired) electrons. The smallest absolute Gasteiger partial charge is 0.271 e. The van der Waals surface area contributed by atoms with Gasteiger partial charge in [-0.2, -0.15) is 5.10 Å². The highest BCUT2D eigenvalue weighted by Gasteiger charge is 2.11. The summed E-state index contributed by atoms with van der Waals surface area (Å²) in [5, 5.41) is 8.27. The van der Waals surface area contributed by atoms with Crippen molar-refractivity contribution in [3.8, 4) is 0 Å². The van der Waals surface area contributed by atoms with Gasteiger partial charge in [-0.25, -0.2) is 9.82 Å². The highest BCUT2D eigenvalue weighted by Crippen LogP contribution is 2.23. The quantitative estimate of drug-likeness (QED) is 0.281. The summed E-state index contributed by atoms with van der Waals surface area (Å²) >= 11 is 11.8. The van der Waals surface area contributed by atoms with Crippen LogP contribution in [0.5, 0.6) is 0 Å². The maximum absolute atomic E-state index is 13.1. The van der Waals surface area contributed by atoms with Gasteiger partial charge in [0.05, 0.1) is 16.3 Å². The standard InChI is InChI=1S/C24H17Cl2FN4O2/c25-20-10-5-15(11-21(20)26)24(33)30-28-12-16-13-31(22-4-2-1-3-19(16)22)14-23(32)29-18-8-6-17(27)7-9-18/h1-13H,14H2,(H,29,32)(H,30,33)/b28-12-. The number of hydrazone groups is 1. The van der Waals surface area contributed by atoms with Gasteiger partial charge in [0.25, 0.3) is 5.91 Å². The third kappa shape index (κ3) is 5.39. The summed E-state index contributed by atoms with van der Waals surface area (Å²) in [7, 11) is 0. The van der Waals surface area contributed by atoms with Crippen LogP contribution in [0.1, 0.15) is 15.9 Å². The predicted molar refractivity (Wildman–Crippen MR) is 128 cm³/mol. The molecule has 0 spiro atoms. The van der Waals surface area contributed by atoms with Crippen LogP contribution in [0.3, 0.4) is 0 Å². The number of para-hydroxylation sites is 1. The Kier molecular flexibility index (Phi) is 6.72. The lowest BCUT2D eigenvalue weighted by Gasteiger charge is -2.07. The third-order valence-corrected chi connectivity index (χ3v) is 5.55. The van der Waals surface area contributed by atoms with E-state index in [9.17, 15) is 14.0 Å². The minimum Gasteiger partial charge on any atom is -0.337 e. The average Bonchev–Trinajstić information content (AvgIpc) is 3.14. The molecule has 9 heteroatoms. The topological polar surface area (TPSA) is 75.5 Å². The van der Waals surface area contributed by atoms with Crippen molar-refractivity contribution in [2.45, 2.75) is 6.54 Å². The van der Waals surface area contributed by atoms with Crippen molar-refractivity contribution in [1.82, 2.24) is 9.99 Å². The number of anilines is 1. The molecule has 0 unspecified atom stereocenters. The fourth-order valence-corrected chi connectivity index (χ4v) is 3.56. The summed E-state index contributed by atoms with van der Waals surface area (Å²) in [6, 6.07) is 17.6. The molecule has 0 bridgehead atoms. The predicted octanol–water partition coefficient (Wildman–Crippen LogP) is 5.49. The fourth-order valence-electron chi connectivity index (χ4n) is 3.26. The van der Waals surface area contributed by atoms with Crippen molar-refractivity contribution in [3.05, 3.63) is 99.9 Å². The molecule has 33 heavy (non-hydrogen) atoms. The Hall–Kier alpha value is -3.68. The van der Waals surface area contributed by atoms with Gasteiger partial charge in [-0.05, 0) is 48.5 Å². The van der Waals surface area contributed by atoms with Crippen molar-refractivity contribution in [1.29, 1.82) is 0 Å². The Balaban J connectivity index is 1.49. The van der Waals surface area contributed by atoms with E-state index in [4.69, 9.17) is 23.2 Å². The Labute approximate surface area is 198 Å². The van der Waals surface area contributed by atoms with Gasteiger partial charge in [0, 0.05) is 33.9 Å². The lowest BCUT2D eigenvalue weighted by Crippen LogP contribution is -2.18. The molecule has 2 N–H and O–H groups in total. The van der Waals surface area contributed by atoms with Crippen molar-refractivity contribution < 1.29 is 14.0 Å². The molecule has 0 saturated carbocycles. The first-order valence-electron chi connectivity index (χ1n) is 9.82. The number of benzene rings is 3. The zero-order valence-corrected chi connectivity index (χ0v) is 18.6. The minimum atomic E-state index is -0.438. The number of nitrogens with zero attached hydrogens (tertiary/aromatic N) is 2. The molecule has 1 aromatic heterocycles. The van der Waals surface area contributed by atoms with E-state index in [-0.39, 0.29) is 23.3 Å². The molecular formula is C24H17Cl2FN4O2. The van der Waals surface area contributed by atoms with Crippen molar-refractivity contribution >= 4 is 57.8 Å². The van der Waals surface area contributed by atoms with Crippen LogP contribution in [0.4, 0.5) is 10.1 Å². The summed E-state index contributed by atoms with van der Waals surface area (Å²) in [6.45, 7) is 0.0430. The molecule has 3 aromatic carbocycles. The maximum Gasteiger partial charge on any atom is 0.271 e. The van der Waals surface area contributed by atoms with Crippen molar-refractivity contribution in [2.24, 2.45) is 5.10 Å². The molecule has 0 aliphatic heterocycles. The summed E-state index contributed by atoms with van der Waals surface area (Å²) in [4.78, 5) is 24.8. The number of carbonyl (C=O) groups is 2. The van der Waals surface area contributed by atoms with E-state index in [1.165, 1.54) is 42.6 Å². The number of fused-ring (bicyclic) bond motifs is 1. The van der Waals surface area contributed by atoms with Crippen LogP contribution in [0, 0.1) is 5.82 Å². The fraction of sp³-hybridized carbons (Fsp3) is 0.0417. The van der Waals surface area contributed by atoms with Crippen LogP contribution in [0.15, 0.2) is 78.0 Å². The second kappa shape index (κ2) is 9.85. The zero-order chi connectivity index (χ0) is 23.4. The summed E-state index contributed by atoms with van der Waals surface area (Å²) in [6.07, 6.45) is 3.27. The molecule has 6 nitrogen and oxygen atoms in total. The molecule has 0 fully saturated rings. The summed E-state index contributed by atoms with van der Waals surface area (Å²) in [5.74, 6) is -1.08. The SMILES string of the molecule is O=C(Cn1cc(/C=N\NC(=O)c2ccc(Cl)c(Cl)c2)c2ccccc21)Nc1ccc(F)cc1. The van der Waals surface area contributed by atoms with Crippen LogP contribution in [0.2, 0.25) is 10.0 Å². The summed E-state index contributed by atoms with van der Waals surface area (Å²) < 4.78 is 14.8. The van der Waals surface area contributed by atoms with E-state index >= 15 is 0 Å². The highest BCUT2D eigenvalue weighted by molar-refractivity contribution is 6.42. The first kappa shape index (κ1) is 22.5. The largest absolute Gasteiger partial charge is 0.337 e. The van der Waals surface area contributed by atoms with Gasteiger partial charge < -0.3 is 9.88 Å². The first-order chi connectivity index (χ1) is 15.9. The number of aromatic nitrogens is 1. The minimum absolute atomic E-state index is 0.0430. The molecule has 166 valence electrons. The van der Waals surface area contributed by atoms with E-state index in [1.54, 1.807) is 16.8 Å². The van der Waals surface area contributed by atoms with Crippen molar-refractivity contribution in [2.75, 3.05) is 5.32 Å². The lowest BCUT2D eigenvalue weighted by molar-refractivity contribution is -0.116. The van der Waals surface area contributed by atoms with Gasteiger partial charge in [0.15, 0.2) is 0 Å². The number of nitrogens with one attached hydrogen (secondary N) is 2. The molecule has 0 saturated heterocycles. The van der Waals surface area contributed by atoms with E-state index < -0.39 is 5.91 Å². The lowest BCUT2D eigenvalue weighted by atomic mass is 10.2. The van der Waals surface area contributed by atoms with Gasteiger partial charge >= 0.3 is 0 Å². The van der Waals surface area contributed by atoms with Crippen LogP contribution in [0.25, 0.3) is 10.9 Å². The van der Waals surface area contributed by atoms with Crippen LogP contribution in [-0.4, -0.2) is 22.6 Å². The molecule has 0 aliphatic carbocycles. The Bertz CT molecular complexity index is 1370. The van der Waals surface area contributed by atoms with Crippen LogP contribution in [-0.2, 0) is 11.3 Å². The number of halogens is 3. The number of hydrogen-bond acceptors (Lipinski definition) is 3. The average molecular weight is 483 g/mol. The zero-order valence-electron chi connectivity index (χ0n) is 17.1. The molecule has 1 heterocycles. The number of amides is 2. The molecule has 4 aromatic rings. The molecule has 4 rings (SSSR count). The van der Waals surface area contributed by atoms with Gasteiger partial charge in [-0.3, -0.25) is 9.59 Å². The van der Waals surface area contributed by atoms with E-state index in [0.29, 0.717) is 16.3 Å². The Morgan fingerprint density at radius 1 is 1.00 bits per heavy atom. The van der Waals surface area contributed by atoms with E-state index in [1.807, 2.05) is 24.3 Å². The first-order valence-corrected chi connectivity index (χ1v) is 10.6.